The molecule has 11 heavy (non-hydrogen) atoms. The highest BCUT2D eigenvalue weighted by Crippen LogP contribution is 2.22. The van der Waals surface area contributed by atoms with Gasteiger partial charge in [0.1, 0.15) is 0 Å². The van der Waals surface area contributed by atoms with Gasteiger partial charge in [-0.05, 0) is 19.3 Å². The maximum Gasteiger partial charge on any atom is 0.407 e. The van der Waals surface area contributed by atoms with Crippen molar-refractivity contribution in [2.24, 2.45) is 0 Å². The Hall–Kier alpha value is -0.770. The molecule has 64 valence electrons. The summed E-state index contributed by atoms with van der Waals surface area (Å²) in [6.45, 7) is 0. The third-order valence-corrected chi connectivity index (χ3v) is 2.23. The molecule has 2 N–H and O–H groups in total. The Balaban J connectivity index is 2.43. The van der Waals surface area contributed by atoms with Crippen LogP contribution in [0.1, 0.15) is 19.3 Å². The van der Waals surface area contributed by atoms with Gasteiger partial charge in [0.05, 0.1) is 6.10 Å². The fraction of sp³-hybridized carbons (Fsp3) is 0.857. The Bertz CT molecular complexity index is 160. The number of amides is 1. The molecule has 1 saturated carbocycles. The van der Waals surface area contributed by atoms with Gasteiger partial charge in [0.25, 0.3) is 0 Å². The lowest BCUT2D eigenvalue weighted by atomic mass is 10.2. The van der Waals surface area contributed by atoms with Gasteiger partial charge in [0.2, 0.25) is 0 Å². The summed E-state index contributed by atoms with van der Waals surface area (Å²) in [4.78, 5) is 11.7. The van der Waals surface area contributed by atoms with Gasteiger partial charge in [0, 0.05) is 13.1 Å². The van der Waals surface area contributed by atoms with E-state index in [9.17, 15) is 4.79 Å². The Kier molecular flexibility index (Phi) is 2.34. The topological polar surface area (TPSA) is 60.8 Å². The average molecular weight is 159 g/mol. The molecule has 0 aromatic rings. The van der Waals surface area contributed by atoms with E-state index < -0.39 is 6.09 Å². The molecule has 0 bridgehead atoms. The molecule has 1 fully saturated rings. The van der Waals surface area contributed by atoms with Crippen molar-refractivity contribution in [1.29, 1.82) is 0 Å². The van der Waals surface area contributed by atoms with Crippen molar-refractivity contribution in [2.75, 3.05) is 7.05 Å². The van der Waals surface area contributed by atoms with Crippen molar-refractivity contribution in [3.8, 4) is 0 Å². The van der Waals surface area contributed by atoms with Crippen LogP contribution in [0.25, 0.3) is 0 Å². The third kappa shape index (κ3) is 1.83. The zero-order valence-electron chi connectivity index (χ0n) is 6.53. The molecule has 4 heteroatoms. The third-order valence-electron chi connectivity index (χ3n) is 2.23. The normalized spacial score (nSPS) is 30.4. The first kappa shape index (κ1) is 8.33. The van der Waals surface area contributed by atoms with Crippen LogP contribution in [0, 0.1) is 0 Å². The molecule has 0 radical (unpaired) electrons. The van der Waals surface area contributed by atoms with Crippen LogP contribution in [-0.4, -0.2) is 40.4 Å². The zero-order valence-corrected chi connectivity index (χ0v) is 6.53. The van der Waals surface area contributed by atoms with Crippen LogP contribution in [0.4, 0.5) is 4.79 Å². The lowest BCUT2D eigenvalue weighted by Crippen LogP contribution is -2.34. The predicted octanol–water partition coefficient (Wildman–Crippen LogP) is 0.510. The van der Waals surface area contributed by atoms with Gasteiger partial charge in [-0.1, -0.05) is 0 Å². The van der Waals surface area contributed by atoms with E-state index in [0.717, 1.165) is 12.8 Å². The minimum Gasteiger partial charge on any atom is -0.465 e. The number of aliphatic hydroxyl groups excluding tert-OH is 1. The van der Waals surface area contributed by atoms with Gasteiger partial charge < -0.3 is 15.1 Å². The number of hydrogen-bond donors (Lipinski definition) is 2. The van der Waals surface area contributed by atoms with Crippen LogP contribution in [0.3, 0.4) is 0 Å². The van der Waals surface area contributed by atoms with Crippen molar-refractivity contribution < 1.29 is 15.0 Å². The number of carboxylic acid groups (broad SMARTS) is 1. The Morgan fingerprint density at radius 2 is 2.18 bits per heavy atom. The molecule has 1 aliphatic rings. The van der Waals surface area contributed by atoms with Crippen molar-refractivity contribution in [3.05, 3.63) is 0 Å². The predicted molar refractivity (Wildman–Crippen MR) is 39.4 cm³/mol. The molecule has 4 nitrogen and oxygen atoms in total. The minimum absolute atomic E-state index is 0.0162. The van der Waals surface area contributed by atoms with Crippen LogP contribution in [0.15, 0.2) is 0 Å². The first-order valence-corrected chi connectivity index (χ1v) is 3.75. The van der Waals surface area contributed by atoms with Crippen molar-refractivity contribution >= 4 is 6.09 Å². The average Bonchev–Trinajstić information content (AvgIpc) is 2.34. The second kappa shape index (κ2) is 3.09. The highest BCUT2D eigenvalue weighted by atomic mass is 16.4. The molecule has 0 unspecified atom stereocenters. The van der Waals surface area contributed by atoms with E-state index in [4.69, 9.17) is 10.2 Å². The van der Waals surface area contributed by atoms with Gasteiger partial charge in [-0.25, -0.2) is 4.79 Å². The molecule has 2 atom stereocenters. The summed E-state index contributed by atoms with van der Waals surface area (Å²) in [5, 5.41) is 17.7. The Labute approximate surface area is 65.4 Å². The van der Waals surface area contributed by atoms with Gasteiger partial charge in [-0.2, -0.15) is 0 Å². The van der Waals surface area contributed by atoms with Crippen molar-refractivity contribution in [1.82, 2.24) is 4.90 Å². The minimum atomic E-state index is -0.913. The fourth-order valence-corrected chi connectivity index (χ4v) is 1.44. The second-order valence-corrected chi connectivity index (χ2v) is 3.01. The lowest BCUT2D eigenvalue weighted by Gasteiger charge is -2.20. The molecule has 1 aliphatic carbocycles. The van der Waals surface area contributed by atoms with Crippen LogP contribution >= 0.6 is 0 Å². The fourth-order valence-electron chi connectivity index (χ4n) is 1.44. The van der Waals surface area contributed by atoms with Gasteiger partial charge in [0.15, 0.2) is 0 Å². The second-order valence-electron chi connectivity index (χ2n) is 3.01. The molecule has 0 aromatic carbocycles. The van der Waals surface area contributed by atoms with Crippen LogP contribution in [0.5, 0.6) is 0 Å². The van der Waals surface area contributed by atoms with E-state index in [-0.39, 0.29) is 12.1 Å². The summed E-state index contributed by atoms with van der Waals surface area (Å²) in [7, 11) is 1.55. The maximum absolute atomic E-state index is 10.4. The zero-order chi connectivity index (χ0) is 8.43. The van der Waals surface area contributed by atoms with Crippen molar-refractivity contribution in [2.45, 2.75) is 31.4 Å². The smallest absolute Gasteiger partial charge is 0.407 e. The number of carbonyl (C=O) groups is 1. The summed E-state index contributed by atoms with van der Waals surface area (Å²) in [5.74, 6) is 0. The molecule has 0 spiro atoms. The van der Waals surface area contributed by atoms with Crippen LogP contribution < -0.4 is 0 Å². The van der Waals surface area contributed by atoms with Crippen LogP contribution in [-0.2, 0) is 0 Å². The van der Waals surface area contributed by atoms with Gasteiger partial charge in [-0.3, -0.25) is 0 Å². The van der Waals surface area contributed by atoms with Crippen molar-refractivity contribution in [3.63, 3.8) is 0 Å². The SMILES string of the molecule is CN(C(=O)O)[C@@H]1CC[C@H](O)C1. The summed E-state index contributed by atoms with van der Waals surface area (Å²) in [6.07, 6.45) is 0.876. The van der Waals surface area contributed by atoms with E-state index in [2.05, 4.69) is 0 Å². The maximum atomic E-state index is 10.4. The van der Waals surface area contributed by atoms with Gasteiger partial charge >= 0.3 is 6.09 Å². The first-order chi connectivity index (χ1) is 5.11. The number of hydrogen-bond acceptors (Lipinski definition) is 2. The molecule has 0 heterocycles. The quantitative estimate of drug-likeness (QED) is 0.586. The van der Waals surface area contributed by atoms with E-state index in [0.29, 0.717) is 6.42 Å². The molecule has 0 saturated heterocycles. The number of aliphatic hydroxyl groups is 1. The molecular formula is C7H13NO3. The van der Waals surface area contributed by atoms with Crippen LogP contribution in [0.2, 0.25) is 0 Å². The molecule has 0 aliphatic heterocycles. The standard InChI is InChI=1S/C7H13NO3/c1-8(7(10)11)5-2-3-6(9)4-5/h5-6,9H,2-4H2,1H3,(H,10,11)/t5-,6+/m1/s1. The molecule has 1 rings (SSSR count). The summed E-state index contributed by atoms with van der Waals surface area (Å²) >= 11 is 0. The number of nitrogens with zero attached hydrogens (tertiary/aromatic N) is 1. The Morgan fingerprint density at radius 1 is 1.55 bits per heavy atom. The lowest BCUT2D eigenvalue weighted by molar-refractivity contribution is 0.130. The highest BCUT2D eigenvalue weighted by molar-refractivity contribution is 5.65. The van der Waals surface area contributed by atoms with E-state index >= 15 is 0 Å². The highest BCUT2D eigenvalue weighted by Gasteiger charge is 2.28. The molecular weight excluding hydrogens is 146 g/mol. The van der Waals surface area contributed by atoms with E-state index in [1.54, 1.807) is 7.05 Å². The molecule has 0 aromatic heterocycles. The summed E-state index contributed by atoms with van der Waals surface area (Å²) in [5.41, 5.74) is 0. The summed E-state index contributed by atoms with van der Waals surface area (Å²) < 4.78 is 0. The van der Waals surface area contributed by atoms with E-state index in [1.807, 2.05) is 0 Å². The van der Waals surface area contributed by atoms with Gasteiger partial charge in [-0.15, -0.1) is 0 Å². The molecule has 1 amide bonds. The van der Waals surface area contributed by atoms with E-state index in [1.165, 1.54) is 4.90 Å². The largest absolute Gasteiger partial charge is 0.465 e. The monoisotopic (exact) mass is 159 g/mol. The summed E-state index contributed by atoms with van der Waals surface area (Å²) in [6, 6.07) is 0.0162. The Morgan fingerprint density at radius 3 is 2.55 bits per heavy atom. The first-order valence-electron chi connectivity index (χ1n) is 3.75. The number of rotatable bonds is 1.